The third kappa shape index (κ3) is 2.60. The first-order valence-electron chi connectivity index (χ1n) is 5.55. The van der Waals surface area contributed by atoms with Gasteiger partial charge in [0.05, 0.1) is 16.9 Å². The summed E-state index contributed by atoms with van der Waals surface area (Å²) >= 11 is 0. The van der Waals surface area contributed by atoms with Crippen molar-refractivity contribution in [2.24, 2.45) is 5.92 Å². The summed E-state index contributed by atoms with van der Waals surface area (Å²) in [6.45, 7) is 1.93. The first-order chi connectivity index (χ1) is 8.20. The normalized spacial score (nSPS) is 16.9. The van der Waals surface area contributed by atoms with E-state index in [9.17, 15) is 10.1 Å². The van der Waals surface area contributed by atoms with Crippen molar-refractivity contribution in [1.82, 2.24) is 5.32 Å². The van der Waals surface area contributed by atoms with Gasteiger partial charge in [-0.25, -0.2) is 0 Å². The van der Waals surface area contributed by atoms with Gasteiger partial charge < -0.3 is 5.32 Å². The minimum atomic E-state index is -0.430. The number of nitrogens with zero attached hydrogens (tertiary/aromatic N) is 2. The van der Waals surface area contributed by atoms with Crippen molar-refractivity contribution in [2.75, 3.05) is 13.1 Å². The Labute approximate surface area is 99.2 Å². The number of non-ortho nitro benzene ring substituents is 1. The second kappa shape index (κ2) is 4.93. The lowest BCUT2D eigenvalue weighted by atomic mass is 9.87. The Bertz CT molecular complexity index is 446. The van der Waals surface area contributed by atoms with Crippen LogP contribution in [-0.2, 0) is 0 Å². The second-order valence-corrected chi connectivity index (χ2v) is 4.29. The number of benzene rings is 1. The smallest absolute Gasteiger partial charge is 0.269 e. The molecule has 1 fully saturated rings. The van der Waals surface area contributed by atoms with Gasteiger partial charge in [-0.15, -0.1) is 0 Å². The van der Waals surface area contributed by atoms with E-state index >= 15 is 0 Å². The highest BCUT2D eigenvalue weighted by molar-refractivity contribution is 5.36. The van der Waals surface area contributed by atoms with E-state index in [1.165, 1.54) is 12.1 Å². The van der Waals surface area contributed by atoms with Gasteiger partial charge in [-0.2, -0.15) is 5.26 Å². The standard InChI is InChI=1S/C12H13N3O2/c13-6-11(5-9-7-14-8-9)10-1-3-12(4-2-10)15(16)17/h1-4,9,11,14H,5,7-8H2. The lowest BCUT2D eigenvalue weighted by Gasteiger charge is -2.28. The molecular formula is C12H13N3O2. The third-order valence-electron chi connectivity index (χ3n) is 3.10. The minimum absolute atomic E-state index is 0.0655. The zero-order valence-corrected chi connectivity index (χ0v) is 9.30. The van der Waals surface area contributed by atoms with E-state index in [0.717, 1.165) is 25.1 Å². The molecule has 1 aromatic carbocycles. The number of hydrogen-bond acceptors (Lipinski definition) is 4. The molecule has 1 aliphatic rings. The zero-order chi connectivity index (χ0) is 12.3. The first kappa shape index (κ1) is 11.6. The van der Waals surface area contributed by atoms with Crippen LogP contribution in [0.2, 0.25) is 0 Å². The fourth-order valence-corrected chi connectivity index (χ4v) is 1.94. The third-order valence-corrected chi connectivity index (χ3v) is 3.10. The molecule has 1 saturated heterocycles. The van der Waals surface area contributed by atoms with Gasteiger partial charge >= 0.3 is 0 Å². The van der Waals surface area contributed by atoms with Crippen LogP contribution in [0.5, 0.6) is 0 Å². The molecule has 2 rings (SSSR count). The predicted octanol–water partition coefficient (Wildman–Crippen LogP) is 1.81. The van der Waals surface area contributed by atoms with Gasteiger partial charge in [-0.05, 0) is 31.0 Å². The molecule has 1 heterocycles. The molecular weight excluding hydrogens is 218 g/mol. The maximum absolute atomic E-state index is 10.5. The fourth-order valence-electron chi connectivity index (χ4n) is 1.94. The van der Waals surface area contributed by atoms with Crippen LogP contribution in [0.3, 0.4) is 0 Å². The maximum atomic E-state index is 10.5. The Morgan fingerprint density at radius 1 is 1.47 bits per heavy atom. The largest absolute Gasteiger partial charge is 0.316 e. The number of hydrogen-bond donors (Lipinski definition) is 1. The molecule has 1 N–H and O–H groups in total. The summed E-state index contributed by atoms with van der Waals surface area (Å²) in [7, 11) is 0. The van der Waals surface area contributed by atoms with Crippen molar-refractivity contribution in [1.29, 1.82) is 5.26 Å². The fraction of sp³-hybridized carbons (Fsp3) is 0.417. The van der Waals surface area contributed by atoms with E-state index in [0.29, 0.717) is 5.92 Å². The molecule has 1 aromatic rings. The van der Waals surface area contributed by atoms with Crippen LogP contribution in [0.25, 0.3) is 0 Å². The average Bonchev–Trinajstić information content (AvgIpc) is 2.28. The minimum Gasteiger partial charge on any atom is -0.316 e. The van der Waals surface area contributed by atoms with E-state index in [1.807, 2.05) is 0 Å². The van der Waals surface area contributed by atoms with E-state index in [-0.39, 0.29) is 11.6 Å². The lowest BCUT2D eigenvalue weighted by Crippen LogP contribution is -2.42. The van der Waals surface area contributed by atoms with Gasteiger partial charge in [0.25, 0.3) is 5.69 Å². The van der Waals surface area contributed by atoms with Gasteiger partial charge in [-0.3, -0.25) is 10.1 Å². The number of nitrogens with one attached hydrogen (secondary N) is 1. The number of nitro groups is 1. The molecule has 0 saturated carbocycles. The van der Waals surface area contributed by atoms with Gasteiger partial charge in [0.1, 0.15) is 0 Å². The summed E-state index contributed by atoms with van der Waals surface area (Å²) in [6.07, 6.45) is 0.821. The first-order valence-corrected chi connectivity index (χ1v) is 5.55. The van der Waals surface area contributed by atoms with E-state index in [4.69, 9.17) is 5.26 Å². The van der Waals surface area contributed by atoms with E-state index < -0.39 is 4.92 Å². The number of nitriles is 1. The highest BCUT2D eigenvalue weighted by atomic mass is 16.6. The van der Waals surface area contributed by atoms with Crippen molar-refractivity contribution in [2.45, 2.75) is 12.3 Å². The second-order valence-electron chi connectivity index (χ2n) is 4.29. The summed E-state index contributed by atoms with van der Waals surface area (Å²) in [5.41, 5.74) is 0.931. The van der Waals surface area contributed by atoms with Crippen LogP contribution in [0, 0.1) is 27.4 Å². The highest BCUT2D eigenvalue weighted by Crippen LogP contribution is 2.26. The Morgan fingerprint density at radius 2 is 2.12 bits per heavy atom. The molecule has 17 heavy (non-hydrogen) atoms. The van der Waals surface area contributed by atoms with Gasteiger partial charge in [0.15, 0.2) is 0 Å². The van der Waals surface area contributed by atoms with Crippen LogP contribution >= 0.6 is 0 Å². The predicted molar refractivity (Wildman–Crippen MR) is 62.4 cm³/mol. The monoisotopic (exact) mass is 231 g/mol. The molecule has 0 aromatic heterocycles. The van der Waals surface area contributed by atoms with Gasteiger partial charge in [0, 0.05) is 12.1 Å². The van der Waals surface area contributed by atoms with Crippen LogP contribution in [0.4, 0.5) is 5.69 Å². The molecule has 88 valence electrons. The molecule has 1 atom stereocenters. The Morgan fingerprint density at radius 3 is 2.53 bits per heavy atom. The molecule has 0 bridgehead atoms. The van der Waals surface area contributed by atoms with Gasteiger partial charge in [-0.1, -0.05) is 12.1 Å². The number of nitro benzene ring substituents is 1. The number of rotatable bonds is 4. The maximum Gasteiger partial charge on any atom is 0.269 e. The Hall–Kier alpha value is -1.93. The molecule has 0 aliphatic carbocycles. The molecule has 0 amide bonds. The molecule has 0 radical (unpaired) electrons. The van der Waals surface area contributed by atoms with Gasteiger partial charge in [0.2, 0.25) is 0 Å². The van der Waals surface area contributed by atoms with E-state index in [1.54, 1.807) is 12.1 Å². The quantitative estimate of drug-likeness (QED) is 0.633. The molecule has 5 nitrogen and oxygen atoms in total. The van der Waals surface area contributed by atoms with Crippen molar-refractivity contribution < 1.29 is 4.92 Å². The van der Waals surface area contributed by atoms with Crippen LogP contribution in [-0.4, -0.2) is 18.0 Å². The van der Waals surface area contributed by atoms with E-state index in [2.05, 4.69) is 11.4 Å². The SMILES string of the molecule is N#CC(CC1CNC1)c1ccc([N+](=O)[O-])cc1. The summed E-state index contributed by atoms with van der Waals surface area (Å²) < 4.78 is 0. The van der Waals surface area contributed by atoms with Crippen molar-refractivity contribution in [3.05, 3.63) is 39.9 Å². The highest BCUT2D eigenvalue weighted by Gasteiger charge is 2.22. The molecule has 1 aliphatic heterocycles. The topological polar surface area (TPSA) is 79.0 Å². The summed E-state index contributed by atoms with van der Waals surface area (Å²) in [6, 6.07) is 8.54. The summed E-state index contributed by atoms with van der Waals surface area (Å²) in [5, 5.41) is 22.8. The van der Waals surface area contributed by atoms with Crippen molar-refractivity contribution in [3.8, 4) is 6.07 Å². The zero-order valence-electron chi connectivity index (χ0n) is 9.30. The van der Waals surface area contributed by atoms with Crippen LogP contribution in [0.15, 0.2) is 24.3 Å². The van der Waals surface area contributed by atoms with Crippen molar-refractivity contribution >= 4 is 5.69 Å². The lowest BCUT2D eigenvalue weighted by molar-refractivity contribution is -0.384. The van der Waals surface area contributed by atoms with Crippen LogP contribution in [0.1, 0.15) is 17.9 Å². The Kier molecular flexibility index (Phi) is 3.35. The summed E-state index contributed by atoms with van der Waals surface area (Å²) in [4.78, 5) is 10.1. The Balaban J connectivity index is 2.08. The molecule has 1 unspecified atom stereocenters. The van der Waals surface area contributed by atoms with Crippen molar-refractivity contribution in [3.63, 3.8) is 0 Å². The molecule has 5 heteroatoms. The van der Waals surface area contributed by atoms with Crippen LogP contribution < -0.4 is 5.32 Å². The average molecular weight is 231 g/mol. The summed E-state index contributed by atoms with van der Waals surface area (Å²) in [5.74, 6) is 0.387. The molecule has 0 spiro atoms.